The first kappa shape index (κ1) is 14.6. The minimum atomic E-state index is -0.733. The van der Waals surface area contributed by atoms with E-state index in [1.807, 2.05) is 30.3 Å². The molecule has 0 fully saturated rings. The Morgan fingerprint density at radius 3 is 2.43 bits per heavy atom. The predicted octanol–water partition coefficient (Wildman–Crippen LogP) is 3.18. The van der Waals surface area contributed by atoms with Gasteiger partial charge < -0.3 is 15.5 Å². The predicted molar refractivity (Wildman–Crippen MR) is 88.8 cm³/mol. The summed E-state index contributed by atoms with van der Waals surface area (Å²) in [5.74, 6) is -1.17. The molecule has 2 aromatic carbocycles. The molecule has 0 aliphatic heterocycles. The molecule has 0 spiro atoms. The number of fused-ring (bicyclic) bond motifs is 1. The maximum Gasteiger partial charge on any atom is 0.286 e. The molecule has 0 saturated heterocycles. The monoisotopic (exact) mass is 306 g/mol. The Kier molecular flexibility index (Phi) is 3.93. The van der Waals surface area contributed by atoms with Crippen molar-refractivity contribution in [3.8, 4) is 0 Å². The summed E-state index contributed by atoms with van der Waals surface area (Å²) in [6.45, 7) is 0. The van der Waals surface area contributed by atoms with Crippen LogP contribution in [0, 0.1) is 0 Å². The summed E-state index contributed by atoms with van der Waals surface area (Å²) in [5, 5.41) is 3.29. The second-order valence-corrected chi connectivity index (χ2v) is 4.90. The highest BCUT2D eigenvalue weighted by Crippen LogP contribution is 2.30. The number of carbonyl (C=O) groups excluding carboxylic acids is 2. The Bertz CT molecular complexity index is 895. The van der Waals surface area contributed by atoms with Crippen LogP contribution in [0.4, 0.5) is 5.69 Å². The first-order valence-corrected chi connectivity index (χ1v) is 7.00. The number of nitrogens with one attached hydrogen (secondary N) is 1. The largest absolute Gasteiger partial charge is 0.449 e. The van der Waals surface area contributed by atoms with E-state index in [4.69, 9.17) is 10.2 Å². The van der Waals surface area contributed by atoms with Crippen LogP contribution in [0.25, 0.3) is 17.0 Å². The molecule has 2 amide bonds. The number of primary amides is 1. The normalized spacial score (nSPS) is 11.0. The van der Waals surface area contributed by atoms with Gasteiger partial charge in [0.15, 0.2) is 0 Å². The van der Waals surface area contributed by atoms with Crippen molar-refractivity contribution in [2.45, 2.75) is 0 Å². The van der Waals surface area contributed by atoms with Gasteiger partial charge in [-0.2, -0.15) is 0 Å². The first-order chi connectivity index (χ1) is 11.1. The van der Waals surface area contributed by atoms with Gasteiger partial charge >= 0.3 is 0 Å². The highest BCUT2D eigenvalue weighted by molar-refractivity contribution is 6.13. The first-order valence-electron chi connectivity index (χ1n) is 7.00. The van der Waals surface area contributed by atoms with Gasteiger partial charge in [-0.05, 0) is 23.8 Å². The molecule has 114 valence electrons. The van der Waals surface area contributed by atoms with Gasteiger partial charge in [0.25, 0.3) is 5.91 Å². The highest BCUT2D eigenvalue weighted by atomic mass is 16.3. The van der Waals surface area contributed by atoms with Crippen molar-refractivity contribution in [3.05, 3.63) is 72.0 Å². The molecule has 5 nitrogen and oxygen atoms in total. The van der Waals surface area contributed by atoms with Gasteiger partial charge in [0.1, 0.15) is 11.3 Å². The molecule has 0 bridgehead atoms. The van der Waals surface area contributed by atoms with Crippen LogP contribution in [0.1, 0.15) is 16.1 Å². The molecule has 0 radical (unpaired) electrons. The van der Waals surface area contributed by atoms with Gasteiger partial charge in [0.2, 0.25) is 11.7 Å². The lowest BCUT2D eigenvalue weighted by Crippen LogP contribution is -2.15. The number of para-hydroxylation sites is 1. The molecule has 0 aliphatic rings. The molecule has 0 unspecified atom stereocenters. The van der Waals surface area contributed by atoms with Crippen LogP contribution in [0.15, 0.2) is 65.1 Å². The van der Waals surface area contributed by atoms with E-state index in [9.17, 15) is 9.59 Å². The Labute approximate surface area is 132 Å². The van der Waals surface area contributed by atoms with Crippen molar-refractivity contribution < 1.29 is 14.0 Å². The lowest BCUT2D eigenvalue weighted by atomic mass is 10.2. The quantitative estimate of drug-likeness (QED) is 0.726. The van der Waals surface area contributed by atoms with E-state index in [0.717, 1.165) is 5.56 Å². The van der Waals surface area contributed by atoms with Gasteiger partial charge in [0, 0.05) is 11.5 Å². The van der Waals surface area contributed by atoms with Crippen molar-refractivity contribution in [3.63, 3.8) is 0 Å². The number of nitrogens with two attached hydrogens (primary N) is 1. The molecule has 1 heterocycles. The Hall–Kier alpha value is -3.34. The summed E-state index contributed by atoms with van der Waals surface area (Å²) < 4.78 is 5.41. The van der Waals surface area contributed by atoms with Crippen molar-refractivity contribution in [2.75, 3.05) is 5.32 Å². The van der Waals surface area contributed by atoms with E-state index in [-0.39, 0.29) is 17.4 Å². The molecular weight excluding hydrogens is 292 g/mol. The van der Waals surface area contributed by atoms with Crippen molar-refractivity contribution in [2.24, 2.45) is 5.73 Å². The summed E-state index contributed by atoms with van der Waals surface area (Å²) >= 11 is 0. The molecule has 3 aromatic rings. The molecule has 0 saturated carbocycles. The topological polar surface area (TPSA) is 85.3 Å². The van der Waals surface area contributed by atoms with Crippen molar-refractivity contribution in [1.29, 1.82) is 0 Å². The summed E-state index contributed by atoms with van der Waals surface area (Å²) in [6.07, 6.45) is 3.07. The second-order valence-electron chi connectivity index (χ2n) is 4.90. The van der Waals surface area contributed by atoms with Crippen molar-refractivity contribution in [1.82, 2.24) is 0 Å². The fourth-order valence-electron chi connectivity index (χ4n) is 2.24. The van der Waals surface area contributed by atoms with Crippen LogP contribution in [-0.4, -0.2) is 11.8 Å². The zero-order valence-corrected chi connectivity index (χ0v) is 12.2. The molecule has 3 N–H and O–H groups in total. The zero-order valence-electron chi connectivity index (χ0n) is 12.2. The lowest BCUT2D eigenvalue weighted by Gasteiger charge is -2.01. The minimum absolute atomic E-state index is 0.0624. The van der Waals surface area contributed by atoms with Crippen LogP contribution >= 0.6 is 0 Å². The van der Waals surface area contributed by atoms with Gasteiger partial charge in [0.05, 0.1) is 0 Å². The Morgan fingerprint density at radius 2 is 1.70 bits per heavy atom. The van der Waals surface area contributed by atoms with E-state index in [0.29, 0.717) is 11.0 Å². The van der Waals surface area contributed by atoms with Crippen molar-refractivity contribution >= 4 is 34.5 Å². The van der Waals surface area contributed by atoms with Crippen LogP contribution < -0.4 is 11.1 Å². The van der Waals surface area contributed by atoms with E-state index in [1.54, 1.807) is 30.3 Å². The fraction of sp³-hybridized carbons (Fsp3) is 0. The van der Waals surface area contributed by atoms with E-state index >= 15 is 0 Å². The van der Waals surface area contributed by atoms with Gasteiger partial charge in [-0.15, -0.1) is 0 Å². The number of rotatable bonds is 4. The maximum atomic E-state index is 12.1. The molecule has 3 rings (SSSR count). The molecule has 1 aromatic heterocycles. The Balaban J connectivity index is 1.89. The second kappa shape index (κ2) is 6.19. The SMILES string of the molecule is NC(=O)c1oc2ccccc2c1NC(=O)/C=C/c1ccccc1. The molecule has 0 atom stereocenters. The maximum absolute atomic E-state index is 12.1. The van der Waals surface area contributed by atoms with E-state index < -0.39 is 5.91 Å². The molecule has 0 aliphatic carbocycles. The summed E-state index contributed by atoms with van der Waals surface area (Å²) in [4.78, 5) is 23.6. The average Bonchev–Trinajstić information content (AvgIpc) is 2.93. The number of carbonyl (C=O) groups is 2. The third-order valence-corrected chi connectivity index (χ3v) is 3.29. The number of anilines is 1. The van der Waals surface area contributed by atoms with Gasteiger partial charge in [-0.25, -0.2) is 0 Å². The standard InChI is InChI=1S/C18H14N2O3/c19-18(22)17-16(13-8-4-5-9-14(13)23-17)20-15(21)11-10-12-6-2-1-3-7-12/h1-11H,(H2,19,22)(H,20,21)/b11-10+. The van der Waals surface area contributed by atoms with E-state index in [2.05, 4.69) is 5.32 Å². The summed E-state index contributed by atoms with van der Waals surface area (Å²) in [5.41, 5.74) is 6.99. The van der Waals surface area contributed by atoms with E-state index in [1.165, 1.54) is 6.08 Å². The smallest absolute Gasteiger partial charge is 0.286 e. The fourth-order valence-corrected chi connectivity index (χ4v) is 2.24. The third kappa shape index (κ3) is 3.13. The lowest BCUT2D eigenvalue weighted by molar-refractivity contribution is -0.111. The van der Waals surface area contributed by atoms with Crippen LogP contribution in [0.3, 0.4) is 0 Å². The third-order valence-electron chi connectivity index (χ3n) is 3.29. The number of hydrogen-bond donors (Lipinski definition) is 2. The van der Waals surface area contributed by atoms with Gasteiger partial charge in [-0.3, -0.25) is 9.59 Å². The van der Waals surface area contributed by atoms with Crippen LogP contribution in [0.2, 0.25) is 0 Å². The molecule has 5 heteroatoms. The number of amides is 2. The highest BCUT2D eigenvalue weighted by Gasteiger charge is 2.19. The van der Waals surface area contributed by atoms with Crippen LogP contribution in [-0.2, 0) is 4.79 Å². The number of benzene rings is 2. The zero-order chi connectivity index (χ0) is 16.2. The summed E-state index contributed by atoms with van der Waals surface area (Å²) in [6, 6.07) is 16.4. The van der Waals surface area contributed by atoms with Gasteiger partial charge in [-0.1, -0.05) is 42.5 Å². The Morgan fingerprint density at radius 1 is 1.00 bits per heavy atom. The average molecular weight is 306 g/mol. The number of furan rings is 1. The molecule has 23 heavy (non-hydrogen) atoms. The van der Waals surface area contributed by atoms with Crippen LogP contribution in [0.5, 0.6) is 0 Å². The number of hydrogen-bond acceptors (Lipinski definition) is 3. The minimum Gasteiger partial charge on any atom is -0.449 e. The molecular formula is C18H14N2O3. The summed E-state index contributed by atoms with van der Waals surface area (Å²) in [7, 11) is 0.